The predicted octanol–water partition coefficient (Wildman–Crippen LogP) is 6.66. The van der Waals surface area contributed by atoms with Gasteiger partial charge in [0, 0.05) is 34.9 Å². The van der Waals surface area contributed by atoms with Crippen LogP contribution >= 0.6 is 23.4 Å². The van der Waals surface area contributed by atoms with Crippen molar-refractivity contribution >= 4 is 35.4 Å². The van der Waals surface area contributed by atoms with Gasteiger partial charge in [0.1, 0.15) is 0 Å². The topological polar surface area (TPSA) is 66.0 Å². The van der Waals surface area contributed by atoms with Crippen molar-refractivity contribution < 1.29 is 9.90 Å². The second-order valence-corrected chi connectivity index (χ2v) is 8.96. The maximum atomic E-state index is 12.0. The lowest BCUT2D eigenvalue weighted by atomic mass is 10.0. The largest absolute Gasteiger partial charge is 0.478 e. The van der Waals surface area contributed by atoms with Crippen LogP contribution in [0.2, 0.25) is 5.02 Å². The molecule has 0 saturated carbocycles. The van der Waals surface area contributed by atoms with Gasteiger partial charge in [0.2, 0.25) is 0 Å². The molecule has 0 radical (unpaired) electrons. The van der Waals surface area contributed by atoms with E-state index in [0.717, 1.165) is 27.7 Å². The molecular weight excluding hydrogens is 452 g/mol. The molecule has 0 bridgehead atoms. The van der Waals surface area contributed by atoms with E-state index in [0.29, 0.717) is 23.6 Å². The van der Waals surface area contributed by atoms with E-state index in [1.54, 1.807) is 17.8 Å². The number of aromatic nitrogens is 2. The van der Waals surface area contributed by atoms with Crippen LogP contribution in [0.25, 0.3) is 6.08 Å². The highest BCUT2D eigenvalue weighted by molar-refractivity contribution is 7.98. The first kappa shape index (κ1) is 22.9. The molecule has 0 fully saturated rings. The Labute approximate surface area is 202 Å². The summed E-state index contributed by atoms with van der Waals surface area (Å²) in [6.45, 7) is 0. The molecule has 0 atom stereocenters. The number of nitrogens with zero attached hydrogens (tertiary/aromatic N) is 1. The Morgan fingerprint density at radius 3 is 2.24 bits per heavy atom. The maximum Gasteiger partial charge on any atom is 0.331 e. The lowest BCUT2D eigenvalue weighted by Crippen LogP contribution is -2.04. The molecule has 4 aromatic rings. The quantitative estimate of drug-likeness (QED) is 0.210. The van der Waals surface area contributed by atoms with Crippen molar-refractivity contribution in [3.63, 3.8) is 0 Å². The van der Waals surface area contributed by atoms with Crippen LogP contribution in [0.4, 0.5) is 0 Å². The number of hydrogen-bond acceptors (Lipinski definition) is 3. The third-order valence-electron chi connectivity index (χ3n) is 5.16. The Hall–Kier alpha value is -3.28. The van der Waals surface area contributed by atoms with E-state index in [1.807, 2.05) is 72.8 Å². The molecule has 0 amide bonds. The SMILES string of the molecule is O=C(O)/C(=C/c1nc(SCc2ccccc2)[nH]c1Cc1ccccc1Cl)Cc1ccccc1. The molecule has 6 heteroatoms. The zero-order valence-electron chi connectivity index (χ0n) is 17.9. The summed E-state index contributed by atoms with van der Waals surface area (Å²) in [5, 5.41) is 11.3. The average Bonchev–Trinajstić information content (AvgIpc) is 3.21. The summed E-state index contributed by atoms with van der Waals surface area (Å²) in [6, 6.07) is 27.4. The standard InChI is InChI=1S/C27H23ClN2O2S/c28-23-14-8-7-13-21(23)16-24-25(17-22(26(31)32)15-19-9-3-1-4-10-19)30-27(29-24)33-18-20-11-5-2-6-12-20/h1-14,17H,15-16,18H2,(H,29,30)(H,31,32)/b22-17+. The highest BCUT2D eigenvalue weighted by Crippen LogP contribution is 2.26. The molecule has 1 heterocycles. The van der Waals surface area contributed by atoms with Crippen molar-refractivity contribution in [3.05, 3.63) is 124 Å². The predicted molar refractivity (Wildman–Crippen MR) is 135 cm³/mol. The first-order valence-electron chi connectivity index (χ1n) is 10.6. The molecule has 166 valence electrons. The molecule has 0 aliphatic heterocycles. The molecule has 3 aromatic carbocycles. The maximum absolute atomic E-state index is 12.0. The first-order chi connectivity index (χ1) is 16.1. The van der Waals surface area contributed by atoms with E-state index in [9.17, 15) is 9.90 Å². The van der Waals surface area contributed by atoms with Gasteiger partial charge in [-0.1, -0.05) is 102 Å². The molecule has 0 aliphatic rings. The van der Waals surface area contributed by atoms with Gasteiger partial charge in [-0.25, -0.2) is 9.78 Å². The Morgan fingerprint density at radius 1 is 0.939 bits per heavy atom. The second-order valence-electron chi connectivity index (χ2n) is 7.59. The summed E-state index contributed by atoms with van der Waals surface area (Å²) in [6.07, 6.45) is 2.52. The molecule has 0 spiro atoms. The fourth-order valence-electron chi connectivity index (χ4n) is 3.45. The molecule has 1 aromatic heterocycles. The van der Waals surface area contributed by atoms with Crippen LogP contribution in [0.5, 0.6) is 0 Å². The number of hydrogen-bond donors (Lipinski definition) is 2. The monoisotopic (exact) mass is 474 g/mol. The summed E-state index contributed by atoms with van der Waals surface area (Å²) < 4.78 is 0. The normalized spacial score (nSPS) is 11.5. The molecule has 4 rings (SSSR count). The number of aromatic amines is 1. The third kappa shape index (κ3) is 6.37. The molecular formula is C27H23ClN2O2S. The average molecular weight is 475 g/mol. The Kier molecular flexibility index (Phi) is 7.66. The summed E-state index contributed by atoms with van der Waals surface area (Å²) in [5.74, 6) is -0.192. The minimum Gasteiger partial charge on any atom is -0.478 e. The lowest BCUT2D eigenvalue weighted by Gasteiger charge is -2.05. The van der Waals surface area contributed by atoms with E-state index in [-0.39, 0.29) is 5.57 Å². The van der Waals surface area contributed by atoms with Crippen molar-refractivity contribution in [2.24, 2.45) is 0 Å². The summed E-state index contributed by atoms with van der Waals surface area (Å²) in [4.78, 5) is 20.1. The fourth-order valence-corrected chi connectivity index (χ4v) is 4.50. The summed E-state index contributed by atoms with van der Waals surface area (Å²) >= 11 is 7.98. The van der Waals surface area contributed by atoms with Gasteiger partial charge in [-0.2, -0.15) is 0 Å². The number of H-pyrrole nitrogens is 1. The Balaban J connectivity index is 1.65. The van der Waals surface area contributed by atoms with Crippen LogP contribution < -0.4 is 0 Å². The Bertz CT molecular complexity index is 1250. The number of carboxylic acid groups (broad SMARTS) is 1. The van der Waals surface area contributed by atoms with Gasteiger partial charge in [0.15, 0.2) is 5.16 Å². The van der Waals surface area contributed by atoms with E-state index < -0.39 is 5.97 Å². The number of benzene rings is 3. The number of aliphatic carboxylic acids is 1. The van der Waals surface area contributed by atoms with Gasteiger partial charge in [-0.3, -0.25) is 0 Å². The van der Waals surface area contributed by atoms with Crippen LogP contribution in [0.3, 0.4) is 0 Å². The smallest absolute Gasteiger partial charge is 0.331 e. The zero-order valence-corrected chi connectivity index (χ0v) is 19.4. The number of rotatable bonds is 9. The molecule has 33 heavy (non-hydrogen) atoms. The van der Waals surface area contributed by atoms with Crippen LogP contribution in [-0.2, 0) is 23.4 Å². The highest BCUT2D eigenvalue weighted by Gasteiger charge is 2.15. The van der Waals surface area contributed by atoms with Crippen molar-refractivity contribution in [2.45, 2.75) is 23.8 Å². The summed E-state index contributed by atoms with van der Waals surface area (Å²) in [5.41, 5.74) is 4.83. The number of nitrogens with one attached hydrogen (secondary N) is 1. The minimum atomic E-state index is -0.955. The second kappa shape index (κ2) is 11.0. The Morgan fingerprint density at radius 2 is 1.58 bits per heavy atom. The molecule has 4 nitrogen and oxygen atoms in total. The van der Waals surface area contributed by atoms with Gasteiger partial charge in [-0.15, -0.1) is 0 Å². The van der Waals surface area contributed by atoms with Crippen LogP contribution in [0, 0.1) is 0 Å². The highest BCUT2D eigenvalue weighted by atomic mass is 35.5. The molecule has 0 aliphatic carbocycles. The van der Waals surface area contributed by atoms with Gasteiger partial charge in [0.05, 0.1) is 5.69 Å². The molecule has 2 N–H and O–H groups in total. The van der Waals surface area contributed by atoms with Crippen LogP contribution in [0.15, 0.2) is 95.7 Å². The van der Waals surface area contributed by atoms with Crippen molar-refractivity contribution in [3.8, 4) is 0 Å². The lowest BCUT2D eigenvalue weighted by molar-refractivity contribution is -0.132. The first-order valence-corrected chi connectivity index (χ1v) is 11.9. The van der Waals surface area contributed by atoms with E-state index in [2.05, 4.69) is 17.1 Å². The molecule has 0 saturated heterocycles. The summed E-state index contributed by atoms with van der Waals surface area (Å²) in [7, 11) is 0. The number of thioether (sulfide) groups is 1. The van der Waals surface area contributed by atoms with E-state index in [1.165, 1.54) is 5.56 Å². The number of carbonyl (C=O) groups is 1. The van der Waals surface area contributed by atoms with E-state index in [4.69, 9.17) is 16.6 Å². The van der Waals surface area contributed by atoms with Crippen molar-refractivity contribution in [2.75, 3.05) is 0 Å². The number of halogens is 1. The molecule has 0 unspecified atom stereocenters. The third-order valence-corrected chi connectivity index (χ3v) is 6.47. The van der Waals surface area contributed by atoms with Gasteiger partial charge < -0.3 is 10.1 Å². The van der Waals surface area contributed by atoms with Crippen molar-refractivity contribution in [1.29, 1.82) is 0 Å². The number of imidazole rings is 1. The van der Waals surface area contributed by atoms with Crippen LogP contribution in [-0.4, -0.2) is 21.0 Å². The minimum absolute atomic E-state index is 0.285. The van der Waals surface area contributed by atoms with Crippen molar-refractivity contribution in [1.82, 2.24) is 9.97 Å². The van der Waals surface area contributed by atoms with Gasteiger partial charge >= 0.3 is 5.97 Å². The van der Waals surface area contributed by atoms with Crippen LogP contribution in [0.1, 0.15) is 28.1 Å². The number of carboxylic acids is 1. The zero-order chi connectivity index (χ0) is 23.0. The fraction of sp³-hybridized carbons (Fsp3) is 0.111. The van der Waals surface area contributed by atoms with Gasteiger partial charge in [-0.05, 0) is 28.8 Å². The van der Waals surface area contributed by atoms with E-state index >= 15 is 0 Å². The van der Waals surface area contributed by atoms with Gasteiger partial charge in [0.25, 0.3) is 0 Å².